The lowest BCUT2D eigenvalue weighted by Gasteiger charge is -2.50. The largest absolute Gasteiger partial charge is 0.486 e. The molecular weight excluding hydrogens is 442 g/mol. The molecule has 182 valence electrons. The van der Waals surface area contributed by atoms with Gasteiger partial charge in [0.2, 0.25) is 0 Å². The third kappa shape index (κ3) is 5.30. The normalized spacial score (nSPS) is 21.3. The van der Waals surface area contributed by atoms with Gasteiger partial charge in [0.1, 0.15) is 24.4 Å². The molecule has 0 bridgehead atoms. The van der Waals surface area contributed by atoms with Crippen molar-refractivity contribution in [2.45, 2.75) is 58.5 Å². The van der Waals surface area contributed by atoms with Crippen LogP contribution in [0.25, 0.3) is 0 Å². The van der Waals surface area contributed by atoms with Gasteiger partial charge in [0.15, 0.2) is 11.5 Å². The Kier molecular flexibility index (Phi) is 8.29. The number of ether oxygens (including phenoxy) is 2. The molecule has 0 aliphatic carbocycles. The lowest BCUT2D eigenvalue weighted by molar-refractivity contribution is -0.154. The van der Waals surface area contributed by atoms with Gasteiger partial charge >= 0.3 is 0 Å². The Morgan fingerprint density at radius 3 is 2.48 bits per heavy atom. The number of rotatable bonds is 6. The predicted octanol–water partition coefficient (Wildman–Crippen LogP) is 3.51. The van der Waals surface area contributed by atoms with Gasteiger partial charge in [-0.3, -0.25) is 14.5 Å². The highest BCUT2D eigenvalue weighted by Gasteiger charge is 2.52. The Labute approximate surface area is 202 Å². The van der Waals surface area contributed by atoms with Crippen LogP contribution in [-0.2, 0) is 16.1 Å². The van der Waals surface area contributed by atoms with Crippen molar-refractivity contribution in [3.05, 3.63) is 35.5 Å². The SMILES string of the molecule is CCCCN1C(=O)/C(=C/C(C)C)NC(=O)C12CCN(Cc1ccc3c(c1)OCCO3)CC2.Cl. The van der Waals surface area contributed by atoms with Gasteiger partial charge in [0.25, 0.3) is 11.8 Å². The van der Waals surface area contributed by atoms with Crippen molar-refractivity contribution in [3.8, 4) is 11.5 Å². The molecular formula is C25H36ClN3O4. The number of likely N-dealkylation sites (tertiary alicyclic amines) is 1. The van der Waals surface area contributed by atoms with E-state index >= 15 is 0 Å². The topological polar surface area (TPSA) is 71.1 Å². The molecule has 8 heteroatoms. The number of piperazine rings is 1. The second-order valence-corrected chi connectivity index (χ2v) is 9.37. The van der Waals surface area contributed by atoms with Crippen LogP contribution in [0.3, 0.4) is 0 Å². The fourth-order valence-corrected chi connectivity index (χ4v) is 4.85. The third-order valence-electron chi connectivity index (χ3n) is 6.59. The van der Waals surface area contributed by atoms with E-state index in [1.54, 1.807) is 0 Å². The Hall–Kier alpha value is -2.25. The highest BCUT2D eigenvalue weighted by molar-refractivity contribution is 6.06. The van der Waals surface area contributed by atoms with E-state index in [1.807, 2.05) is 37.0 Å². The number of nitrogens with one attached hydrogen (secondary N) is 1. The lowest BCUT2D eigenvalue weighted by Crippen LogP contribution is -2.69. The van der Waals surface area contributed by atoms with Crippen LogP contribution in [0, 0.1) is 5.92 Å². The lowest BCUT2D eigenvalue weighted by atomic mass is 9.82. The minimum absolute atomic E-state index is 0. The maximum Gasteiger partial charge on any atom is 0.270 e. The van der Waals surface area contributed by atoms with Crippen molar-refractivity contribution in [3.63, 3.8) is 0 Å². The quantitative estimate of drug-likeness (QED) is 0.635. The summed E-state index contributed by atoms with van der Waals surface area (Å²) in [6, 6.07) is 6.09. The molecule has 0 unspecified atom stereocenters. The van der Waals surface area contributed by atoms with E-state index in [2.05, 4.69) is 23.2 Å². The summed E-state index contributed by atoms with van der Waals surface area (Å²) in [6.45, 7) is 10.3. The van der Waals surface area contributed by atoms with E-state index in [4.69, 9.17) is 9.47 Å². The van der Waals surface area contributed by atoms with Crippen molar-refractivity contribution < 1.29 is 19.1 Å². The number of hydrogen-bond donors (Lipinski definition) is 1. The second kappa shape index (κ2) is 10.8. The number of carbonyl (C=O) groups is 2. The molecule has 3 aliphatic rings. The van der Waals surface area contributed by atoms with Crippen LogP contribution in [0.5, 0.6) is 11.5 Å². The van der Waals surface area contributed by atoms with Crippen LogP contribution < -0.4 is 14.8 Å². The van der Waals surface area contributed by atoms with E-state index in [9.17, 15) is 9.59 Å². The summed E-state index contributed by atoms with van der Waals surface area (Å²) in [6.07, 6.45) is 5.04. The van der Waals surface area contributed by atoms with Crippen molar-refractivity contribution in [2.75, 3.05) is 32.8 Å². The molecule has 3 heterocycles. The Balaban J connectivity index is 0.00000306. The molecule has 1 aromatic rings. The molecule has 0 atom stereocenters. The smallest absolute Gasteiger partial charge is 0.270 e. The Morgan fingerprint density at radius 2 is 1.82 bits per heavy atom. The van der Waals surface area contributed by atoms with Crippen molar-refractivity contribution in [1.29, 1.82) is 0 Å². The molecule has 2 saturated heterocycles. The number of hydrogen-bond acceptors (Lipinski definition) is 5. The van der Waals surface area contributed by atoms with E-state index in [1.165, 1.54) is 5.56 Å². The summed E-state index contributed by atoms with van der Waals surface area (Å²) >= 11 is 0. The Morgan fingerprint density at radius 1 is 1.12 bits per heavy atom. The summed E-state index contributed by atoms with van der Waals surface area (Å²) < 4.78 is 11.3. The van der Waals surface area contributed by atoms with E-state index in [0.717, 1.165) is 44.0 Å². The van der Waals surface area contributed by atoms with Crippen LogP contribution in [0.2, 0.25) is 0 Å². The zero-order valence-electron chi connectivity index (χ0n) is 19.9. The number of nitrogens with zero attached hydrogens (tertiary/aromatic N) is 2. The second-order valence-electron chi connectivity index (χ2n) is 9.37. The van der Waals surface area contributed by atoms with Gasteiger partial charge in [-0.2, -0.15) is 0 Å². The molecule has 1 aromatic carbocycles. The van der Waals surface area contributed by atoms with E-state index < -0.39 is 5.54 Å². The fraction of sp³-hybridized carbons (Fsp3) is 0.600. The summed E-state index contributed by atoms with van der Waals surface area (Å²) in [5, 5.41) is 2.95. The van der Waals surface area contributed by atoms with Gasteiger partial charge in [-0.25, -0.2) is 0 Å². The minimum atomic E-state index is -0.746. The molecule has 2 amide bonds. The molecule has 2 fully saturated rings. The number of fused-ring (bicyclic) bond motifs is 1. The van der Waals surface area contributed by atoms with Crippen LogP contribution in [-0.4, -0.2) is 60.0 Å². The molecule has 1 N–H and O–H groups in total. The standard InChI is InChI=1S/C25H35N3O4.ClH/c1-4-5-10-28-23(29)20(15-18(2)3)26-24(30)25(28)8-11-27(12-9-25)17-19-6-7-21-22(16-19)32-14-13-31-21;/h6-7,15-16,18H,4-5,8-14,17H2,1-3H3,(H,26,30);1H/b20-15-;. The highest BCUT2D eigenvalue weighted by atomic mass is 35.5. The first-order chi connectivity index (χ1) is 15.4. The zero-order valence-corrected chi connectivity index (χ0v) is 20.7. The number of halogens is 1. The maximum absolute atomic E-state index is 13.3. The molecule has 0 radical (unpaired) electrons. The number of carbonyl (C=O) groups excluding carboxylic acids is 2. The van der Waals surface area contributed by atoms with Gasteiger partial charge in [-0.15, -0.1) is 12.4 Å². The summed E-state index contributed by atoms with van der Waals surface area (Å²) in [7, 11) is 0. The first-order valence-electron chi connectivity index (χ1n) is 11.9. The van der Waals surface area contributed by atoms with Crippen molar-refractivity contribution >= 4 is 24.2 Å². The minimum Gasteiger partial charge on any atom is -0.486 e. The van der Waals surface area contributed by atoms with E-state index in [-0.39, 0.29) is 30.1 Å². The average Bonchev–Trinajstić information content (AvgIpc) is 2.78. The number of unbranched alkanes of at least 4 members (excludes halogenated alkanes) is 1. The first-order valence-corrected chi connectivity index (χ1v) is 11.9. The number of amides is 2. The predicted molar refractivity (Wildman–Crippen MR) is 130 cm³/mol. The third-order valence-corrected chi connectivity index (χ3v) is 6.59. The van der Waals surface area contributed by atoms with Crippen LogP contribution >= 0.6 is 12.4 Å². The number of benzene rings is 1. The molecule has 7 nitrogen and oxygen atoms in total. The molecule has 4 rings (SSSR count). The van der Waals surface area contributed by atoms with Crippen LogP contribution in [0.15, 0.2) is 30.0 Å². The molecule has 1 spiro atoms. The summed E-state index contributed by atoms with van der Waals surface area (Å²) in [4.78, 5) is 30.8. The monoisotopic (exact) mass is 477 g/mol. The number of allylic oxidation sites excluding steroid dienone is 1. The van der Waals surface area contributed by atoms with Gasteiger partial charge in [-0.1, -0.05) is 39.3 Å². The highest BCUT2D eigenvalue weighted by Crippen LogP contribution is 2.36. The summed E-state index contributed by atoms with van der Waals surface area (Å²) in [5.74, 6) is 1.73. The summed E-state index contributed by atoms with van der Waals surface area (Å²) in [5.41, 5.74) is 0.856. The van der Waals surface area contributed by atoms with E-state index in [0.29, 0.717) is 38.3 Å². The molecule has 33 heavy (non-hydrogen) atoms. The maximum atomic E-state index is 13.3. The molecule has 3 aliphatic heterocycles. The zero-order chi connectivity index (χ0) is 22.7. The van der Waals surface area contributed by atoms with Crippen molar-refractivity contribution in [2.24, 2.45) is 5.92 Å². The van der Waals surface area contributed by atoms with Gasteiger partial charge in [0, 0.05) is 26.2 Å². The average molecular weight is 478 g/mol. The van der Waals surface area contributed by atoms with Gasteiger partial charge < -0.3 is 19.7 Å². The van der Waals surface area contributed by atoms with Gasteiger partial charge in [-0.05, 0) is 42.9 Å². The van der Waals surface area contributed by atoms with Gasteiger partial charge in [0.05, 0.1) is 0 Å². The van der Waals surface area contributed by atoms with Crippen LogP contribution in [0.1, 0.15) is 52.0 Å². The van der Waals surface area contributed by atoms with Crippen LogP contribution in [0.4, 0.5) is 0 Å². The van der Waals surface area contributed by atoms with Crippen molar-refractivity contribution in [1.82, 2.24) is 15.1 Å². The Bertz CT molecular complexity index is 894. The molecule has 0 saturated carbocycles. The number of piperidine rings is 1. The fourth-order valence-electron chi connectivity index (χ4n) is 4.85. The first kappa shape index (κ1) is 25.4. The molecule has 0 aromatic heterocycles.